The number of rotatable bonds is 5. The van der Waals surface area contributed by atoms with Crippen molar-refractivity contribution in [2.24, 2.45) is 0 Å². The predicted octanol–water partition coefficient (Wildman–Crippen LogP) is 4.25. The molecule has 1 amide bonds. The van der Waals surface area contributed by atoms with E-state index in [4.69, 9.17) is 4.74 Å². The molecule has 0 spiro atoms. The predicted molar refractivity (Wildman–Crippen MR) is 95.1 cm³/mol. The number of carbonyl (C=O) groups is 2. The first kappa shape index (κ1) is 17.7. The standard InChI is InChI=1S/C17H15Br2NO3/c1-23-16(21)10-15(11-5-7-13(18)8-6-11)20-17(22)12-3-2-4-14(19)9-12/h2-9,15H,10H2,1H3,(H,20,22). The van der Waals surface area contributed by atoms with Crippen molar-refractivity contribution in [3.63, 3.8) is 0 Å². The second kappa shape index (κ2) is 8.26. The third kappa shape index (κ3) is 5.18. The number of nitrogens with one attached hydrogen (secondary N) is 1. The van der Waals surface area contributed by atoms with Crippen molar-refractivity contribution >= 4 is 43.7 Å². The summed E-state index contributed by atoms with van der Waals surface area (Å²) >= 11 is 6.71. The summed E-state index contributed by atoms with van der Waals surface area (Å²) in [6.07, 6.45) is 0.0673. The van der Waals surface area contributed by atoms with E-state index < -0.39 is 6.04 Å². The molecule has 0 fully saturated rings. The Labute approximate surface area is 151 Å². The number of carbonyl (C=O) groups excluding carboxylic acids is 2. The number of benzene rings is 2. The Morgan fingerprint density at radius 1 is 1.09 bits per heavy atom. The first-order chi connectivity index (χ1) is 11.0. The number of methoxy groups -OCH3 is 1. The summed E-state index contributed by atoms with van der Waals surface area (Å²) in [5.74, 6) is -0.629. The molecule has 120 valence electrons. The molecule has 0 aliphatic rings. The van der Waals surface area contributed by atoms with Crippen LogP contribution in [0.15, 0.2) is 57.5 Å². The average Bonchev–Trinajstić information content (AvgIpc) is 2.54. The van der Waals surface area contributed by atoms with Crippen LogP contribution >= 0.6 is 31.9 Å². The number of ether oxygens (including phenoxy) is 1. The van der Waals surface area contributed by atoms with Gasteiger partial charge in [0.2, 0.25) is 0 Å². The van der Waals surface area contributed by atoms with Gasteiger partial charge in [0.1, 0.15) is 0 Å². The SMILES string of the molecule is COC(=O)CC(NC(=O)c1cccc(Br)c1)c1ccc(Br)cc1. The van der Waals surface area contributed by atoms with Crippen molar-refractivity contribution in [1.82, 2.24) is 5.32 Å². The average molecular weight is 441 g/mol. The first-order valence-corrected chi connectivity index (χ1v) is 8.47. The number of hydrogen-bond donors (Lipinski definition) is 1. The zero-order chi connectivity index (χ0) is 16.8. The van der Waals surface area contributed by atoms with E-state index in [0.717, 1.165) is 14.5 Å². The van der Waals surface area contributed by atoms with Gasteiger partial charge >= 0.3 is 5.97 Å². The summed E-state index contributed by atoms with van der Waals surface area (Å²) in [6, 6.07) is 14.1. The van der Waals surface area contributed by atoms with E-state index in [2.05, 4.69) is 37.2 Å². The zero-order valence-electron chi connectivity index (χ0n) is 12.4. The molecule has 0 aromatic heterocycles. The van der Waals surface area contributed by atoms with Crippen LogP contribution in [-0.4, -0.2) is 19.0 Å². The lowest BCUT2D eigenvalue weighted by atomic mass is 10.0. The van der Waals surface area contributed by atoms with Gasteiger partial charge in [0, 0.05) is 14.5 Å². The molecule has 1 N–H and O–H groups in total. The molecule has 23 heavy (non-hydrogen) atoms. The highest BCUT2D eigenvalue weighted by Crippen LogP contribution is 2.21. The highest BCUT2D eigenvalue weighted by molar-refractivity contribution is 9.10. The maximum absolute atomic E-state index is 12.4. The van der Waals surface area contributed by atoms with Gasteiger partial charge in [-0.1, -0.05) is 50.1 Å². The quantitative estimate of drug-likeness (QED) is 0.707. The van der Waals surface area contributed by atoms with Gasteiger partial charge in [0.15, 0.2) is 0 Å². The molecule has 0 aliphatic heterocycles. The van der Waals surface area contributed by atoms with Crippen molar-refractivity contribution in [2.45, 2.75) is 12.5 Å². The van der Waals surface area contributed by atoms with Crippen molar-refractivity contribution < 1.29 is 14.3 Å². The van der Waals surface area contributed by atoms with E-state index in [1.807, 2.05) is 30.3 Å². The summed E-state index contributed by atoms with van der Waals surface area (Å²) in [7, 11) is 1.33. The summed E-state index contributed by atoms with van der Waals surface area (Å²) in [5, 5.41) is 2.89. The van der Waals surface area contributed by atoms with Crippen LogP contribution in [0.2, 0.25) is 0 Å². The van der Waals surface area contributed by atoms with Crippen LogP contribution in [0.4, 0.5) is 0 Å². The molecule has 4 nitrogen and oxygen atoms in total. The topological polar surface area (TPSA) is 55.4 Å². The van der Waals surface area contributed by atoms with Gasteiger partial charge in [-0.15, -0.1) is 0 Å². The molecular formula is C17H15Br2NO3. The van der Waals surface area contributed by atoms with Crippen molar-refractivity contribution in [2.75, 3.05) is 7.11 Å². The molecule has 0 radical (unpaired) electrons. The highest BCUT2D eigenvalue weighted by Gasteiger charge is 2.19. The van der Waals surface area contributed by atoms with Crippen molar-refractivity contribution in [3.05, 3.63) is 68.6 Å². The van der Waals surface area contributed by atoms with E-state index in [0.29, 0.717) is 5.56 Å². The zero-order valence-corrected chi connectivity index (χ0v) is 15.6. The van der Waals surface area contributed by atoms with Crippen LogP contribution in [0, 0.1) is 0 Å². The van der Waals surface area contributed by atoms with Gasteiger partial charge in [0.05, 0.1) is 19.6 Å². The lowest BCUT2D eigenvalue weighted by molar-refractivity contribution is -0.141. The molecule has 0 saturated carbocycles. The molecule has 6 heteroatoms. The minimum atomic E-state index is -0.456. The largest absolute Gasteiger partial charge is 0.469 e. The minimum absolute atomic E-state index is 0.0673. The van der Waals surface area contributed by atoms with E-state index in [9.17, 15) is 9.59 Å². The number of halogens is 2. The molecule has 0 saturated heterocycles. The third-order valence-electron chi connectivity index (χ3n) is 3.26. The maximum atomic E-state index is 12.4. The fourth-order valence-corrected chi connectivity index (χ4v) is 2.73. The summed E-state index contributed by atoms with van der Waals surface area (Å²) in [4.78, 5) is 24.1. The van der Waals surface area contributed by atoms with Crippen LogP contribution < -0.4 is 5.32 Å². The number of esters is 1. The van der Waals surface area contributed by atoms with Gasteiger partial charge < -0.3 is 10.1 Å². The smallest absolute Gasteiger partial charge is 0.307 e. The molecule has 0 bridgehead atoms. The van der Waals surface area contributed by atoms with Gasteiger partial charge in [0.25, 0.3) is 5.91 Å². The van der Waals surface area contributed by atoms with Gasteiger partial charge in [-0.2, -0.15) is 0 Å². The molecule has 1 atom stereocenters. The lowest BCUT2D eigenvalue weighted by Crippen LogP contribution is -2.30. The second-order valence-electron chi connectivity index (χ2n) is 4.87. The maximum Gasteiger partial charge on any atom is 0.307 e. The third-order valence-corrected chi connectivity index (χ3v) is 4.28. The molecule has 0 heterocycles. The fourth-order valence-electron chi connectivity index (χ4n) is 2.07. The monoisotopic (exact) mass is 439 g/mol. The van der Waals surface area contributed by atoms with Crippen LogP contribution in [0.25, 0.3) is 0 Å². The second-order valence-corrected chi connectivity index (χ2v) is 6.70. The highest BCUT2D eigenvalue weighted by atomic mass is 79.9. The van der Waals surface area contributed by atoms with Crippen LogP contribution in [-0.2, 0) is 9.53 Å². The molecule has 2 aromatic rings. The summed E-state index contributed by atoms with van der Waals surface area (Å²) < 4.78 is 6.47. The van der Waals surface area contributed by atoms with Crippen molar-refractivity contribution in [3.8, 4) is 0 Å². The van der Waals surface area contributed by atoms with Gasteiger partial charge in [-0.3, -0.25) is 9.59 Å². The van der Waals surface area contributed by atoms with Crippen LogP contribution in [0.1, 0.15) is 28.4 Å². The summed E-state index contributed by atoms with van der Waals surface area (Å²) in [5.41, 5.74) is 1.35. The molecular weight excluding hydrogens is 426 g/mol. The molecule has 2 aromatic carbocycles. The van der Waals surface area contributed by atoms with Gasteiger partial charge in [-0.25, -0.2) is 0 Å². The van der Waals surface area contributed by atoms with E-state index in [-0.39, 0.29) is 18.3 Å². The van der Waals surface area contributed by atoms with Crippen molar-refractivity contribution in [1.29, 1.82) is 0 Å². The summed E-state index contributed by atoms with van der Waals surface area (Å²) in [6.45, 7) is 0. The van der Waals surface area contributed by atoms with E-state index in [1.54, 1.807) is 18.2 Å². The Balaban J connectivity index is 2.21. The first-order valence-electron chi connectivity index (χ1n) is 6.88. The Morgan fingerprint density at radius 3 is 2.39 bits per heavy atom. The normalized spacial score (nSPS) is 11.6. The van der Waals surface area contributed by atoms with Crippen LogP contribution in [0.5, 0.6) is 0 Å². The number of hydrogen-bond acceptors (Lipinski definition) is 3. The van der Waals surface area contributed by atoms with Crippen LogP contribution in [0.3, 0.4) is 0 Å². The molecule has 0 aliphatic carbocycles. The lowest BCUT2D eigenvalue weighted by Gasteiger charge is -2.18. The molecule has 2 rings (SSSR count). The Bertz CT molecular complexity index is 701. The fraction of sp³-hybridized carbons (Fsp3) is 0.176. The van der Waals surface area contributed by atoms with Gasteiger partial charge in [-0.05, 0) is 35.9 Å². The Kier molecular flexibility index (Phi) is 6.36. The van der Waals surface area contributed by atoms with E-state index in [1.165, 1.54) is 7.11 Å². The van der Waals surface area contributed by atoms with E-state index >= 15 is 0 Å². The Morgan fingerprint density at radius 2 is 1.78 bits per heavy atom. The molecule has 1 unspecified atom stereocenters. The number of amides is 1. The minimum Gasteiger partial charge on any atom is -0.469 e. The Hall–Kier alpha value is -1.66.